The van der Waals surface area contributed by atoms with E-state index in [-0.39, 0.29) is 23.3 Å². The highest BCUT2D eigenvalue weighted by atomic mass is 19.4. The molecule has 0 saturated heterocycles. The predicted molar refractivity (Wildman–Crippen MR) is 112 cm³/mol. The molecule has 4 N–H and O–H groups in total. The van der Waals surface area contributed by atoms with E-state index in [0.717, 1.165) is 36.0 Å². The Balaban J connectivity index is 1.40. The second-order valence-corrected chi connectivity index (χ2v) is 8.49. The van der Waals surface area contributed by atoms with Crippen LogP contribution in [0.4, 0.5) is 19.2 Å². The number of nitrogens with one attached hydrogen (secondary N) is 4. The maximum atomic E-state index is 13.6. The van der Waals surface area contributed by atoms with E-state index >= 15 is 0 Å². The van der Waals surface area contributed by atoms with Crippen molar-refractivity contribution in [2.24, 2.45) is 11.0 Å². The van der Waals surface area contributed by atoms with Crippen LogP contribution >= 0.6 is 0 Å². The Bertz CT molecular complexity index is 1270. The smallest absolute Gasteiger partial charge is 0.411 e. The molecule has 6 rings (SSSR count). The second-order valence-electron chi connectivity index (χ2n) is 8.49. The average Bonchev–Trinajstić information content (AvgIpc) is 3.58. The van der Waals surface area contributed by atoms with Gasteiger partial charge in [-0.1, -0.05) is 11.2 Å². The van der Waals surface area contributed by atoms with Gasteiger partial charge in [0.05, 0.1) is 18.0 Å². The molecule has 1 amide bonds. The zero-order chi connectivity index (χ0) is 23.4. The van der Waals surface area contributed by atoms with E-state index in [2.05, 4.69) is 41.6 Å². The molecule has 0 bridgehead atoms. The number of rotatable bonds is 3. The number of nitrogens with zero attached hydrogens (tertiary/aromatic N) is 4. The van der Waals surface area contributed by atoms with Crippen molar-refractivity contribution in [3.8, 4) is 0 Å². The minimum atomic E-state index is -4.57. The van der Waals surface area contributed by atoms with Gasteiger partial charge in [0.2, 0.25) is 6.39 Å². The SMILES string of the molecule is O=C(Nc1nnco1)C1=NNC2C=CC3=C(C4=C(CCCC4)C(c4c[nH]nc4C(F)(F)F)N3)C12. The first kappa shape index (κ1) is 20.7. The van der Waals surface area contributed by atoms with Gasteiger partial charge in [0, 0.05) is 17.5 Å². The number of carbonyl (C=O) groups excluding carboxylic acids is 1. The number of allylic oxidation sites excluding steroid dienone is 2. The fourth-order valence-electron chi connectivity index (χ4n) is 5.25. The molecule has 3 unspecified atom stereocenters. The normalized spacial score (nSPS) is 25.7. The number of halogens is 3. The van der Waals surface area contributed by atoms with Gasteiger partial charge in [-0.2, -0.15) is 23.4 Å². The highest BCUT2D eigenvalue weighted by molar-refractivity contribution is 6.44. The molecule has 2 aliphatic carbocycles. The molecule has 10 nitrogen and oxygen atoms in total. The molecule has 4 heterocycles. The van der Waals surface area contributed by atoms with Crippen molar-refractivity contribution < 1.29 is 22.4 Å². The molecular formula is C21H19F3N8O2. The van der Waals surface area contributed by atoms with Crippen molar-refractivity contribution in [1.29, 1.82) is 0 Å². The number of aromatic amines is 1. The Kier molecular flexibility index (Phi) is 4.61. The van der Waals surface area contributed by atoms with Gasteiger partial charge in [-0.15, -0.1) is 5.10 Å². The number of hydrogen-bond acceptors (Lipinski definition) is 8. The number of H-pyrrole nitrogens is 1. The number of fused-ring (bicyclic) bond motifs is 3. The molecule has 34 heavy (non-hydrogen) atoms. The third-order valence-corrected chi connectivity index (χ3v) is 6.61. The van der Waals surface area contributed by atoms with Crippen LogP contribution in [0.5, 0.6) is 0 Å². The number of anilines is 1. The van der Waals surface area contributed by atoms with E-state index in [1.807, 2.05) is 12.2 Å². The monoisotopic (exact) mass is 472 g/mol. The lowest BCUT2D eigenvalue weighted by Crippen LogP contribution is -2.42. The van der Waals surface area contributed by atoms with Crippen LogP contribution < -0.4 is 16.1 Å². The maximum Gasteiger partial charge on any atom is 0.435 e. The second kappa shape index (κ2) is 7.57. The summed E-state index contributed by atoms with van der Waals surface area (Å²) in [6.07, 6.45) is 4.69. The lowest BCUT2D eigenvalue weighted by Gasteiger charge is -2.40. The van der Waals surface area contributed by atoms with Crippen molar-refractivity contribution in [3.05, 3.63) is 58.4 Å². The molecule has 3 atom stereocenters. The van der Waals surface area contributed by atoms with Gasteiger partial charge in [-0.3, -0.25) is 15.2 Å². The summed E-state index contributed by atoms with van der Waals surface area (Å²) in [6.45, 7) is 0. The molecule has 0 radical (unpaired) electrons. The van der Waals surface area contributed by atoms with E-state index in [1.165, 1.54) is 6.20 Å². The lowest BCUT2D eigenvalue weighted by atomic mass is 9.71. The molecule has 2 aromatic heterocycles. The van der Waals surface area contributed by atoms with E-state index in [9.17, 15) is 18.0 Å². The zero-order valence-corrected chi connectivity index (χ0v) is 17.6. The van der Waals surface area contributed by atoms with Gasteiger partial charge in [0.1, 0.15) is 5.71 Å². The van der Waals surface area contributed by atoms with Gasteiger partial charge in [-0.25, -0.2) is 0 Å². The van der Waals surface area contributed by atoms with Gasteiger partial charge in [0.25, 0.3) is 5.91 Å². The predicted octanol–water partition coefficient (Wildman–Crippen LogP) is 2.73. The Labute approximate surface area is 190 Å². The van der Waals surface area contributed by atoms with Crippen LogP contribution in [0.25, 0.3) is 0 Å². The Morgan fingerprint density at radius 2 is 2.09 bits per heavy atom. The molecule has 0 aromatic carbocycles. The van der Waals surface area contributed by atoms with Crippen LogP contribution in [0.1, 0.15) is 43.0 Å². The maximum absolute atomic E-state index is 13.6. The highest BCUT2D eigenvalue weighted by Gasteiger charge is 2.46. The third kappa shape index (κ3) is 3.22. The van der Waals surface area contributed by atoms with Crippen LogP contribution in [0.3, 0.4) is 0 Å². The first-order valence-electron chi connectivity index (χ1n) is 10.8. The lowest BCUT2D eigenvalue weighted by molar-refractivity contribution is -0.142. The van der Waals surface area contributed by atoms with Crippen molar-refractivity contribution in [2.75, 3.05) is 5.32 Å². The van der Waals surface area contributed by atoms with E-state index in [1.54, 1.807) is 0 Å². The fourth-order valence-corrected chi connectivity index (χ4v) is 5.25. The first-order valence-corrected chi connectivity index (χ1v) is 10.8. The third-order valence-electron chi connectivity index (χ3n) is 6.61. The fraction of sp³-hybridized carbons (Fsp3) is 0.381. The molecule has 13 heteroatoms. The molecule has 4 aliphatic rings. The molecule has 0 fully saturated rings. The Morgan fingerprint density at radius 3 is 2.88 bits per heavy atom. The Hall–Kier alpha value is -3.90. The summed E-state index contributed by atoms with van der Waals surface area (Å²) in [5, 5.41) is 23.2. The summed E-state index contributed by atoms with van der Waals surface area (Å²) < 4.78 is 45.9. The van der Waals surface area contributed by atoms with Crippen LogP contribution in [0.15, 0.2) is 56.7 Å². The Morgan fingerprint density at radius 1 is 1.24 bits per heavy atom. The van der Waals surface area contributed by atoms with E-state index < -0.39 is 29.7 Å². The highest BCUT2D eigenvalue weighted by Crippen LogP contribution is 2.48. The standard InChI is InChI=1S/C21H19F3N8O2/c22-21(23,24)18-11(7-25-31-18)16-10-4-2-1-3-9(10)14-12(27-16)5-6-13-15(14)17(30-29-13)19(33)28-20-32-26-8-34-20/h5-8,13,15-16,27,29H,1-4H2,(H,25,31)(H,28,32,33). The molecule has 2 aliphatic heterocycles. The minimum Gasteiger partial charge on any atom is -0.411 e. The number of alkyl halides is 3. The largest absolute Gasteiger partial charge is 0.435 e. The van der Waals surface area contributed by atoms with Crippen LogP contribution in [0.2, 0.25) is 0 Å². The minimum absolute atomic E-state index is 0.0456. The van der Waals surface area contributed by atoms with Crippen LogP contribution in [-0.2, 0) is 11.0 Å². The number of amides is 1. The molecule has 176 valence electrons. The number of hydrogen-bond donors (Lipinski definition) is 4. The summed E-state index contributed by atoms with van der Waals surface area (Å²) in [5.74, 6) is -0.897. The van der Waals surface area contributed by atoms with Crippen molar-refractivity contribution in [1.82, 2.24) is 31.1 Å². The number of hydrazone groups is 1. The van der Waals surface area contributed by atoms with Crippen molar-refractivity contribution in [2.45, 2.75) is 43.9 Å². The zero-order valence-electron chi connectivity index (χ0n) is 17.6. The van der Waals surface area contributed by atoms with Crippen LogP contribution in [-0.4, -0.2) is 38.1 Å². The summed E-state index contributed by atoms with van der Waals surface area (Å²) in [7, 11) is 0. The molecular weight excluding hydrogens is 453 g/mol. The molecule has 0 saturated carbocycles. The number of dihydropyridines is 1. The summed E-state index contributed by atoms with van der Waals surface area (Å²) >= 11 is 0. The van der Waals surface area contributed by atoms with Crippen LogP contribution in [0, 0.1) is 5.92 Å². The van der Waals surface area contributed by atoms with E-state index in [4.69, 9.17) is 4.42 Å². The van der Waals surface area contributed by atoms with Gasteiger partial charge in [-0.05, 0) is 48.5 Å². The van der Waals surface area contributed by atoms with E-state index in [0.29, 0.717) is 18.5 Å². The number of carbonyl (C=O) groups is 1. The quantitative estimate of drug-likeness (QED) is 0.540. The van der Waals surface area contributed by atoms with Gasteiger partial charge in [0.15, 0.2) is 5.69 Å². The van der Waals surface area contributed by atoms with Gasteiger partial charge >= 0.3 is 12.2 Å². The summed E-state index contributed by atoms with van der Waals surface area (Å²) in [4.78, 5) is 13.0. The van der Waals surface area contributed by atoms with Gasteiger partial charge < -0.3 is 15.2 Å². The van der Waals surface area contributed by atoms with Crippen molar-refractivity contribution in [3.63, 3.8) is 0 Å². The summed E-state index contributed by atoms with van der Waals surface area (Å²) in [6, 6.07) is -0.959. The average molecular weight is 472 g/mol. The number of aromatic nitrogens is 4. The first-order chi connectivity index (χ1) is 16.4. The summed E-state index contributed by atoms with van der Waals surface area (Å²) in [5.41, 5.74) is 5.84. The molecule has 2 aromatic rings. The topological polar surface area (TPSA) is 133 Å². The van der Waals surface area contributed by atoms with Crippen molar-refractivity contribution >= 4 is 17.6 Å². The molecule has 0 spiro atoms.